The number of ether oxygens (including phenoxy) is 1. The van der Waals surface area contributed by atoms with Gasteiger partial charge in [0.2, 0.25) is 0 Å². The predicted octanol–water partition coefficient (Wildman–Crippen LogP) is 2.73. The Kier molecular flexibility index (Phi) is 6.08. The Labute approximate surface area is 153 Å². The Bertz CT molecular complexity index is 718. The van der Waals surface area contributed by atoms with E-state index < -0.39 is 0 Å². The Morgan fingerprint density at radius 2 is 1.96 bits per heavy atom. The molecule has 0 aliphatic carbocycles. The van der Waals surface area contributed by atoms with Crippen molar-refractivity contribution < 1.29 is 9.53 Å². The van der Waals surface area contributed by atoms with E-state index in [4.69, 9.17) is 16.3 Å². The third-order valence-corrected chi connectivity index (χ3v) is 4.87. The van der Waals surface area contributed by atoms with E-state index >= 15 is 0 Å². The molecule has 1 aliphatic rings. The largest absolute Gasteiger partial charge is 0.468 e. The average Bonchev–Trinajstić information content (AvgIpc) is 2.65. The van der Waals surface area contributed by atoms with Crippen LogP contribution in [0.2, 0.25) is 5.02 Å². The number of rotatable bonds is 6. The minimum atomic E-state index is -0.370. The zero-order valence-corrected chi connectivity index (χ0v) is 15.1. The Balaban J connectivity index is 1.59. The second-order valence-electron chi connectivity index (χ2n) is 6.37. The van der Waals surface area contributed by atoms with Crippen LogP contribution in [0.15, 0.2) is 48.5 Å². The molecule has 0 aromatic heterocycles. The molecule has 132 valence electrons. The highest BCUT2D eigenvalue weighted by Crippen LogP contribution is 2.16. The minimum Gasteiger partial charge on any atom is -0.468 e. The lowest BCUT2D eigenvalue weighted by atomic mass is 9.95. The van der Waals surface area contributed by atoms with Crippen molar-refractivity contribution in [2.75, 3.05) is 13.7 Å². The highest BCUT2D eigenvalue weighted by atomic mass is 35.5. The number of methoxy groups -OCH3 is 1. The van der Waals surface area contributed by atoms with E-state index in [1.807, 2.05) is 24.3 Å². The molecule has 1 heterocycles. The van der Waals surface area contributed by atoms with Crippen LogP contribution in [0.5, 0.6) is 0 Å². The minimum absolute atomic E-state index is 0.244. The predicted molar refractivity (Wildman–Crippen MR) is 99.7 cm³/mol. The summed E-state index contributed by atoms with van der Waals surface area (Å²) in [6.07, 6.45) is 1.53. The molecule has 2 aromatic carbocycles. The normalized spacial score (nSPS) is 17.6. The first kappa shape index (κ1) is 17.9. The summed E-state index contributed by atoms with van der Waals surface area (Å²) in [6.45, 7) is 1.57. The molecule has 1 aliphatic heterocycles. The fraction of sp³-hybridized carbons (Fsp3) is 0.350. The summed E-state index contributed by atoms with van der Waals surface area (Å²) in [4.78, 5) is 12.1. The topological polar surface area (TPSA) is 50.4 Å². The van der Waals surface area contributed by atoms with Gasteiger partial charge < -0.3 is 15.4 Å². The Morgan fingerprint density at radius 3 is 2.68 bits per heavy atom. The van der Waals surface area contributed by atoms with Crippen LogP contribution in [-0.4, -0.2) is 31.7 Å². The summed E-state index contributed by atoms with van der Waals surface area (Å²) >= 11 is 5.93. The standard InChI is InChI=1S/C20H23ClN2O2/c1-25-20(24)19(10-14-6-8-17(21)9-7-14)23-13-18-11-15-4-2-3-5-16(15)12-22-18/h2-9,18-19,22-23H,10-13H2,1H3. The van der Waals surface area contributed by atoms with Gasteiger partial charge >= 0.3 is 5.97 Å². The van der Waals surface area contributed by atoms with Gasteiger partial charge in [-0.25, -0.2) is 0 Å². The number of carbonyl (C=O) groups excluding carboxylic acids is 1. The third-order valence-electron chi connectivity index (χ3n) is 4.62. The molecule has 0 amide bonds. The van der Waals surface area contributed by atoms with E-state index in [9.17, 15) is 4.79 Å². The molecule has 25 heavy (non-hydrogen) atoms. The molecule has 0 saturated carbocycles. The van der Waals surface area contributed by atoms with Crippen molar-refractivity contribution in [2.45, 2.75) is 31.5 Å². The van der Waals surface area contributed by atoms with Crippen LogP contribution in [-0.2, 0) is 28.9 Å². The highest BCUT2D eigenvalue weighted by Gasteiger charge is 2.23. The van der Waals surface area contributed by atoms with Gasteiger partial charge in [-0.05, 0) is 41.7 Å². The van der Waals surface area contributed by atoms with Crippen LogP contribution < -0.4 is 10.6 Å². The molecule has 4 nitrogen and oxygen atoms in total. The van der Waals surface area contributed by atoms with Crippen molar-refractivity contribution in [3.63, 3.8) is 0 Å². The molecule has 5 heteroatoms. The zero-order valence-electron chi connectivity index (χ0n) is 14.3. The van der Waals surface area contributed by atoms with Crippen molar-refractivity contribution in [2.24, 2.45) is 0 Å². The second-order valence-corrected chi connectivity index (χ2v) is 6.80. The van der Waals surface area contributed by atoms with Gasteiger partial charge in [-0.2, -0.15) is 0 Å². The van der Waals surface area contributed by atoms with E-state index in [2.05, 4.69) is 34.9 Å². The number of hydrogen-bond donors (Lipinski definition) is 2. The monoisotopic (exact) mass is 358 g/mol. The maximum Gasteiger partial charge on any atom is 0.323 e. The molecular weight excluding hydrogens is 336 g/mol. The Morgan fingerprint density at radius 1 is 1.24 bits per heavy atom. The van der Waals surface area contributed by atoms with Gasteiger partial charge in [-0.3, -0.25) is 4.79 Å². The van der Waals surface area contributed by atoms with Crippen molar-refractivity contribution >= 4 is 17.6 Å². The lowest BCUT2D eigenvalue weighted by Crippen LogP contribution is -2.48. The van der Waals surface area contributed by atoms with E-state index in [0.29, 0.717) is 24.0 Å². The summed E-state index contributed by atoms with van der Waals surface area (Å²) in [5.74, 6) is -0.244. The first-order valence-corrected chi connectivity index (χ1v) is 8.89. The highest BCUT2D eigenvalue weighted by molar-refractivity contribution is 6.30. The van der Waals surface area contributed by atoms with Crippen LogP contribution in [0.4, 0.5) is 0 Å². The molecule has 2 aromatic rings. The summed E-state index contributed by atoms with van der Waals surface area (Å²) in [5.41, 5.74) is 3.78. The van der Waals surface area contributed by atoms with Crippen molar-refractivity contribution in [1.82, 2.24) is 10.6 Å². The van der Waals surface area contributed by atoms with Gasteiger partial charge in [-0.15, -0.1) is 0 Å². The smallest absolute Gasteiger partial charge is 0.323 e. The zero-order chi connectivity index (χ0) is 17.6. The fourth-order valence-electron chi connectivity index (χ4n) is 3.19. The quantitative estimate of drug-likeness (QED) is 0.780. The van der Waals surface area contributed by atoms with Gasteiger partial charge in [0.1, 0.15) is 6.04 Å². The molecule has 2 unspecified atom stereocenters. The van der Waals surface area contributed by atoms with E-state index in [-0.39, 0.29) is 12.0 Å². The van der Waals surface area contributed by atoms with Crippen LogP contribution in [0, 0.1) is 0 Å². The number of benzene rings is 2. The van der Waals surface area contributed by atoms with E-state index in [0.717, 1.165) is 18.5 Å². The number of halogens is 1. The summed E-state index contributed by atoms with van der Waals surface area (Å²) in [5, 5.41) is 7.58. The van der Waals surface area contributed by atoms with Gasteiger partial charge in [-0.1, -0.05) is 48.0 Å². The lowest BCUT2D eigenvalue weighted by molar-refractivity contribution is -0.143. The average molecular weight is 359 g/mol. The van der Waals surface area contributed by atoms with Crippen molar-refractivity contribution in [3.8, 4) is 0 Å². The Hall–Kier alpha value is -1.88. The SMILES string of the molecule is COC(=O)C(Cc1ccc(Cl)cc1)NCC1Cc2ccccc2CN1. The summed E-state index contributed by atoms with van der Waals surface area (Å²) in [6, 6.07) is 16.0. The molecule has 0 radical (unpaired) electrons. The molecule has 0 fully saturated rings. The van der Waals surface area contributed by atoms with E-state index in [1.165, 1.54) is 18.2 Å². The summed E-state index contributed by atoms with van der Waals surface area (Å²) < 4.78 is 4.96. The maximum atomic E-state index is 12.1. The fourth-order valence-corrected chi connectivity index (χ4v) is 3.31. The molecular formula is C20H23ClN2O2. The lowest BCUT2D eigenvalue weighted by Gasteiger charge is -2.28. The number of carbonyl (C=O) groups is 1. The van der Waals surface area contributed by atoms with Gasteiger partial charge in [0, 0.05) is 24.2 Å². The molecule has 0 saturated heterocycles. The van der Waals surface area contributed by atoms with Crippen molar-refractivity contribution in [1.29, 1.82) is 0 Å². The molecule has 2 N–H and O–H groups in total. The van der Waals surface area contributed by atoms with Gasteiger partial charge in [0.15, 0.2) is 0 Å². The van der Waals surface area contributed by atoms with Crippen molar-refractivity contribution in [3.05, 3.63) is 70.2 Å². The van der Waals surface area contributed by atoms with Crippen LogP contribution in [0.1, 0.15) is 16.7 Å². The molecule has 2 atom stereocenters. The maximum absolute atomic E-state index is 12.1. The van der Waals surface area contributed by atoms with E-state index in [1.54, 1.807) is 0 Å². The second kappa shape index (κ2) is 8.48. The van der Waals surface area contributed by atoms with Crippen LogP contribution >= 0.6 is 11.6 Å². The number of fused-ring (bicyclic) bond motifs is 1. The number of nitrogens with one attached hydrogen (secondary N) is 2. The van der Waals surface area contributed by atoms with Gasteiger partial charge in [0.25, 0.3) is 0 Å². The number of hydrogen-bond acceptors (Lipinski definition) is 4. The van der Waals surface area contributed by atoms with Crippen LogP contribution in [0.3, 0.4) is 0 Å². The number of esters is 1. The molecule has 0 bridgehead atoms. The molecule has 3 rings (SSSR count). The summed E-state index contributed by atoms with van der Waals surface area (Å²) in [7, 11) is 1.42. The van der Waals surface area contributed by atoms with Gasteiger partial charge in [0.05, 0.1) is 7.11 Å². The third kappa shape index (κ3) is 4.82. The molecule has 0 spiro atoms. The first-order chi connectivity index (χ1) is 12.2. The first-order valence-electron chi connectivity index (χ1n) is 8.51. The van der Waals surface area contributed by atoms with Crippen LogP contribution in [0.25, 0.3) is 0 Å².